The first-order chi connectivity index (χ1) is 6.84. The molecule has 2 N–H and O–H groups in total. The fraction of sp³-hybridized carbons (Fsp3) is 0.111. The van der Waals surface area contributed by atoms with Gasteiger partial charge in [-0.2, -0.15) is 0 Å². The molecule has 4 nitrogen and oxygen atoms in total. The molecule has 5 heteroatoms. The van der Waals surface area contributed by atoms with Gasteiger partial charge in [0.15, 0.2) is 0 Å². The summed E-state index contributed by atoms with van der Waals surface area (Å²) < 4.78 is 12.7. The molecule has 72 valence electrons. The van der Waals surface area contributed by atoms with Crippen LogP contribution in [0.15, 0.2) is 30.9 Å². The van der Waals surface area contributed by atoms with Crippen molar-refractivity contribution in [1.29, 1.82) is 0 Å². The van der Waals surface area contributed by atoms with Crippen LogP contribution in [0.2, 0.25) is 0 Å². The predicted molar refractivity (Wildman–Crippen MR) is 50.1 cm³/mol. The van der Waals surface area contributed by atoms with Crippen LogP contribution in [0.1, 0.15) is 5.82 Å². The Morgan fingerprint density at radius 3 is 3.07 bits per heavy atom. The van der Waals surface area contributed by atoms with Gasteiger partial charge in [-0.25, -0.2) is 9.37 Å². The molecule has 0 unspecified atom stereocenters. The first kappa shape index (κ1) is 8.68. The van der Waals surface area contributed by atoms with E-state index in [-0.39, 0.29) is 5.82 Å². The summed E-state index contributed by atoms with van der Waals surface area (Å²) in [6.07, 6.45) is 6.13. The van der Waals surface area contributed by atoms with Crippen LogP contribution < -0.4 is 5.32 Å². The van der Waals surface area contributed by atoms with Crippen LogP contribution >= 0.6 is 0 Å². The van der Waals surface area contributed by atoms with Gasteiger partial charge in [-0.3, -0.25) is 4.98 Å². The smallest absolute Gasteiger partial charge is 0.143 e. The zero-order chi connectivity index (χ0) is 9.80. The van der Waals surface area contributed by atoms with Gasteiger partial charge in [-0.05, 0) is 0 Å². The summed E-state index contributed by atoms with van der Waals surface area (Å²) in [5, 5.41) is 2.99. The van der Waals surface area contributed by atoms with Gasteiger partial charge >= 0.3 is 0 Å². The Balaban J connectivity index is 1.98. The molecule has 0 atom stereocenters. The van der Waals surface area contributed by atoms with Crippen molar-refractivity contribution in [3.63, 3.8) is 0 Å². The number of H-pyrrole nitrogens is 1. The summed E-state index contributed by atoms with van der Waals surface area (Å²) in [7, 11) is 0. The fourth-order valence-corrected chi connectivity index (χ4v) is 1.09. The van der Waals surface area contributed by atoms with Crippen molar-refractivity contribution in [2.45, 2.75) is 6.54 Å². The molecule has 0 aliphatic carbocycles. The molecule has 0 bridgehead atoms. The molecule has 0 saturated heterocycles. The summed E-state index contributed by atoms with van der Waals surface area (Å²) >= 11 is 0. The predicted octanol–water partition coefficient (Wildman–Crippen LogP) is 1.56. The summed E-state index contributed by atoms with van der Waals surface area (Å²) in [5.74, 6) is 0.448. The third-order valence-corrected chi connectivity index (χ3v) is 1.72. The quantitative estimate of drug-likeness (QED) is 0.775. The number of hydrogen-bond donors (Lipinski definition) is 2. The number of imidazole rings is 1. The van der Waals surface area contributed by atoms with Crippen molar-refractivity contribution in [2.75, 3.05) is 5.32 Å². The number of aromatic nitrogens is 3. The maximum absolute atomic E-state index is 12.7. The van der Waals surface area contributed by atoms with E-state index < -0.39 is 0 Å². The molecule has 2 heterocycles. The Morgan fingerprint density at radius 2 is 2.36 bits per heavy atom. The molecule has 2 aromatic heterocycles. The molecule has 0 aromatic carbocycles. The highest BCUT2D eigenvalue weighted by molar-refractivity contribution is 5.40. The second-order valence-corrected chi connectivity index (χ2v) is 2.78. The molecule has 0 radical (unpaired) electrons. The molecular formula is C9H9FN4. The normalized spacial score (nSPS) is 10.1. The van der Waals surface area contributed by atoms with Gasteiger partial charge in [0.2, 0.25) is 0 Å². The van der Waals surface area contributed by atoms with Crippen LogP contribution in [0.4, 0.5) is 10.1 Å². The van der Waals surface area contributed by atoms with E-state index in [4.69, 9.17) is 0 Å². The Morgan fingerprint density at radius 1 is 1.43 bits per heavy atom. The summed E-state index contributed by atoms with van der Waals surface area (Å²) in [4.78, 5) is 10.7. The van der Waals surface area contributed by atoms with E-state index in [1.54, 1.807) is 18.6 Å². The van der Waals surface area contributed by atoms with Gasteiger partial charge in [-0.15, -0.1) is 0 Å². The maximum atomic E-state index is 12.7. The Labute approximate surface area is 80.2 Å². The highest BCUT2D eigenvalue weighted by atomic mass is 19.1. The second kappa shape index (κ2) is 3.87. The first-order valence-electron chi connectivity index (χ1n) is 4.17. The molecule has 2 rings (SSSR count). The van der Waals surface area contributed by atoms with Crippen LogP contribution in [0.5, 0.6) is 0 Å². The number of nitrogens with zero attached hydrogens (tertiary/aromatic N) is 2. The van der Waals surface area contributed by atoms with Crippen molar-refractivity contribution in [3.05, 3.63) is 42.5 Å². The van der Waals surface area contributed by atoms with Gasteiger partial charge < -0.3 is 10.3 Å². The lowest BCUT2D eigenvalue weighted by atomic mass is 10.4. The minimum Gasteiger partial charge on any atom is -0.376 e. The van der Waals surface area contributed by atoms with Gasteiger partial charge in [0.05, 0.1) is 24.6 Å². The van der Waals surface area contributed by atoms with Crippen LogP contribution in [0, 0.1) is 5.82 Å². The van der Waals surface area contributed by atoms with E-state index in [0.29, 0.717) is 12.2 Å². The fourth-order valence-electron chi connectivity index (χ4n) is 1.09. The monoisotopic (exact) mass is 192 g/mol. The van der Waals surface area contributed by atoms with Crippen LogP contribution in [-0.2, 0) is 6.54 Å². The van der Waals surface area contributed by atoms with Crippen molar-refractivity contribution >= 4 is 5.69 Å². The van der Waals surface area contributed by atoms with Crippen molar-refractivity contribution in [3.8, 4) is 0 Å². The third-order valence-electron chi connectivity index (χ3n) is 1.72. The number of anilines is 1. The first-order valence-corrected chi connectivity index (χ1v) is 4.17. The molecule has 0 spiro atoms. The highest BCUT2D eigenvalue weighted by Crippen LogP contribution is 2.07. The van der Waals surface area contributed by atoms with E-state index in [9.17, 15) is 4.39 Å². The lowest BCUT2D eigenvalue weighted by Gasteiger charge is -2.02. The van der Waals surface area contributed by atoms with Gasteiger partial charge in [0.25, 0.3) is 0 Å². The molecule has 0 aliphatic heterocycles. The molecule has 2 aromatic rings. The lowest BCUT2D eigenvalue weighted by Crippen LogP contribution is -2.01. The maximum Gasteiger partial charge on any atom is 0.143 e. The van der Waals surface area contributed by atoms with Gasteiger partial charge in [0, 0.05) is 18.5 Å². The molecule has 0 amide bonds. The summed E-state index contributed by atoms with van der Waals surface area (Å²) in [6.45, 7) is 0.526. The topological polar surface area (TPSA) is 53.6 Å². The number of pyridine rings is 1. The zero-order valence-corrected chi connectivity index (χ0v) is 7.37. The largest absolute Gasteiger partial charge is 0.376 e. The van der Waals surface area contributed by atoms with E-state index in [1.807, 2.05) is 0 Å². The number of rotatable bonds is 3. The van der Waals surface area contributed by atoms with Crippen LogP contribution in [-0.4, -0.2) is 15.0 Å². The highest BCUT2D eigenvalue weighted by Gasteiger charge is 1.96. The second-order valence-electron chi connectivity index (χ2n) is 2.78. The lowest BCUT2D eigenvalue weighted by molar-refractivity contribution is 0.622. The molecule has 0 fully saturated rings. The SMILES string of the molecule is Fc1cncc(NCc2ncc[nH]2)c1. The average Bonchev–Trinajstić information content (AvgIpc) is 2.67. The van der Waals surface area contributed by atoms with Crippen molar-refractivity contribution in [2.24, 2.45) is 0 Å². The summed E-state index contributed by atoms with van der Waals surface area (Å²) in [5.41, 5.74) is 0.640. The van der Waals surface area contributed by atoms with Crippen LogP contribution in [0.3, 0.4) is 0 Å². The molecule has 0 saturated carbocycles. The molecule has 14 heavy (non-hydrogen) atoms. The Bertz CT molecular complexity index is 399. The van der Waals surface area contributed by atoms with Crippen LogP contribution in [0.25, 0.3) is 0 Å². The zero-order valence-electron chi connectivity index (χ0n) is 7.37. The summed E-state index contributed by atoms with van der Waals surface area (Å²) in [6, 6.07) is 1.38. The minimum absolute atomic E-state index is 0.352. The minimum atomic E-state index is -0.352. The van der Waals surface area contributed by atoms with Crippen molar-refractivity contribution < 1.29 is 4.39 Å². The molecular weight excluding hydrogens is 183 g/mol. The number of aromatic amines is 1. The number of nitrogens with one attached hydrogen (secondary N) is 2. The number of halogens is 1. The van der Waals surface area contributed by atoms with Crippen molar-refractivity contribution in [1.82, 2.24) is 15.0 Å². The standard InChI is InChI=1S/C9H9FN4/c10-7-3-8(5-11-4-7)14-6-9-12-1-2-13-9/h1-5,14H,6H2,(H,12,13). The van der Waals surface area contributed by atoms with Gasteiger partial charge in [-0.1, -0.05) is 0 Å². The van der Waals surface area contributed by atoms with E-state index in [2.05, 4.69) is 20.3 Å². The van der Waals surface area contributed by atoms with E-state index >= 15 is 0 Å². The van der Waals surface area contributed by atoms with Gasteiger partial charge in [0.1, 0.15) is 11.6 Å². The Hall–Kier alpha value is -1.91. The number of hydrogen-bond acceptors (Lipinski definition) is 3. The average molecular weight is 192 g/mol. The van der Waals surface area contributed by atoms with E-state index in [0.717, 1.165) is 12.0 Å². The van der Waals surface area contributed by atoms with E-state index in [1.165, 1.54) is 6.07 Å². The third kappa shape index (κ3) is 2.07. The molecule has 0 aliphatic rings. The Kier molecular flexibility index (Phi) is 2.40.